The van der Waals surface area contributed by atoms with Gasteiger partial charge in [0.15, 0.2) is 0 Å². The van der Waals surface area contributed by atoms with E-state index in [2.05, 4.69) is 33.5 Å². The molecule has 3 nitrogen and oxygen atoms in total. The molecule has 0 aliphatic carbocycles. The lowest BCUT2D eigenvalue weighted by Gasteiger charge is -2.27. The molecule has 4 heteroatoms. The molecule has 1 unspecified atom stereocenters. The van der Waals surface area contributed by atoms with Gasteiger partial charge in [0.1, 0.15) is 6.17 Å². The van der Waals surface area contributed by atoms with Gasteiger partial charge in [0.2, 0.25) is 0 Å². The number of hydrogen-bond donors (Lipinski definition) is 2. The van der Waals surface area contributed by atoms with Gasteiger partial charge in [0.25, 0.3) is 0 Å². The van der Waals surface area contributed by atoms with Crippen molar-refractivity contribution in [3.63, 3.8) is 0 Å². The van der Waals surface area contributed by atoms with E-state index in [4.69, 9.17) is 5.73 Å². The maximum Gasteiger partial charge on any atom is 0.102 e. The minimum atomic E-state index is 0. The number of halogens is 1. The molecule has 0 bridgehead atoms. The molecule has 0 aromatic heterocycles. The smallest absolute Gasteiger partial charge is 0.102 e. The Morgan fingerprint density at radius 3 is 1.90 bits per heavy atom. The zero-order chi connectivity index (χ0) is 7.49. The van der Waals surface area contributed by atoms with Gasteiger partial charge < -0.3 is 18.1 Å². The summed E-state index contributed by atoms with van der Waals surface area (Å²) in [5, 5.41) is 0. The third kappa shape index (κ3) is 8.17. The van der Waals surface area contributed by atoms with E-state index < -0.39 is 0 Å². The van der Waals surface area contributed by atoms with Crippen LogP contribution in [0, 0.1) is 0 Å². The molecule has 3 N–H and O–H groups in total. The summed E-state index contributed by atoms with van der Waals surface area (Å²) in [7, 11) is 6.15. The van der Waals surface area contributed by atoms with E-state index in [-0.39, 0.29) is 18.6 Å². The second-order valence-electron chi connectivity index (χ2n) is 3.16. The van der Waals surface area contributed by atoms with Crippen molar-refractivity contribution in [2.75, 3.05) is 21.1 Å². The first-order chi connectivity index (χ1) is 3.95. The van der Waals surface area contributed by atoms with Crippen molar-refractivity contribution in [1.82, 2.24) is 5.43 Å². The summed E-state index contributed by atoms with van der Waals surface area (Å²) in [6, 6.07) is 0. The predicted octanol–water partition coefficient (Wildman–Crippen LogP) is -3.10. The van der Waals surface area contributed by atoms with Crippen LogP contribution in [0.2, 0.25) is 0 Å². The Labute approximate surface area is 69.5 Å². The van der Waals surface area contributed by atoms with E-state index >= 15 is 0 Å². The molecule has 0 amide bonds. The highest BCUT2D eigenvalue weighted by atomic mass is 35.5. The average molecular weight is 168 g/mol. The number of hydrogen-bond acceptors (Lipinski definition) is 2. The molecule has 0 saturated heterocycles. The van der Waals surface area contributed by atoms with Gasteiger partial charge in [0, 0.05) is 0 Å². The molecule has 0 aliphatic heterocycles. The minimum Gasteiger partial charge on any atom is -1.00 e. The fourth-order valence-corrected chi connectivity index (χ4v) is 0.589. The van der Waals surface area contributed by atoms with Gasteiger partial charge in [-0.15, -0.1) is 0 Å². The van der Waals surface area contributed by atoms with Crippen LogP contribution in [0.15, 0.2) is 0 Å². The Morgan fingerprint density at radius 2 is 1.80 bits per heavy atom. The SMILES string of the molecule is CCC(N)N[N+](C)(C)C.[Cl-]. The van der Waals surface area contributed by atoms with Crippen molar-refractivity contribution in [2.45, 2.75) is 19.5 Å². The zero-order valence-corrected chi connectivity index (χ0v) is 7.94. The maximum absolute atomic E-state index is 5.63. The molecule has 10 heavy (non-hydrogen) atoms. The Morgan fingerprint density at radius 1 is 1.40 bits per heavy atom. The van der Waals surface area contributed by atoms with Crippen LogP contribution in [0.4, 0.5) is 0 Å². The van der Waals surface area contributed by atoms with Crippen LogP contribution < -0.4 is 23.6 Å². The van der Waals surface area contributed by atoms with E-state index in [1.54, 1.807) is 0 Å². The summed E-state index contributed by atoms with van der Waals surface area (Å²) in [5.74, 6) is 0. The van der Waals surface area contributed by atoms with Crippen molar-refractivity contribution in [3.8, 4) is 0 Å². The molecule has 0 aromatic carbocycles. The highest BCUT2D eigenvalue weighted by Crippen LogP contribution is 1.86. The monoisotopic (exact) mass is 167 g/mol. The molecule has 64 valence electrons. The summed E-state index contributed by atoms with van der Waals surface area (Å²) in [5.41, 5.74) is 8.82. The van der Waals surface area contributed by atoms with Crippen LogP contribution in [0.5, 0.6) is 0 Å². The summed E-state index contributed by atoms with van der Waals surface area (Å²) >= 11 is 0. The van der Waals surface area contributed by atoms with E-state index in [1.165, 1.54) is 0 Å². The first-order valence-electron chi connectivity index (χ1n) is 3.30. The van der Waals surface area contributed by atoms with E-state index in [9.17, 15) is 0 Å². The second-order valence-corrected chi connectivity index (χ2v) is 3.16. The topological polar surface area (TPSA) is 38.0 Å². The van der Waals surface area contributed by atoms with Crippen LogP contribution in [0.25, 0.3) is 0 Å². The fourth-order valence-electron chi connectivity index (χ4n) is 0.589. The van der Waals surface area contributed by atoms with Crippen molar-refractivity contribution < 1.29 is 17.0 Å². The molecule has 0 aliphatic rings. The highest BCUT2D eigenvalue weighted by molar-refractivity contribution is 4.44. The minimum absolute atomic E-state index is 0. The number of nitrogens with two attached hydrogens (primary N) is 1. The Hall–Kier alpha value is 0.170. The molecular weight excluding hydrogens is 150 g/mol. The van der Waals surface area contributed by atoms with Gasteiger partial charge in [-0.05, 0) is 6.42 Å². The lowest BCUT2D eigenvalue weighted by atomic mass is 10.4. The van der Waals surface area contributed by atoms with E-state index in [0.29, 0.717) is 0 Å². The molecule has 0 heterocycles. The molecule has 0 saturated carbocycles. The van der Waals surface area contributed by atoms with Crippen LogP contribution in [-0.4, -0.2) is 31.9 Å². The number of rotatable bonds is 3. The Balaban J connectivity index is 0. The normalized spacial score (nSPS) is 14.1. The summed E-state index contributed by atoms with van der Waals surface area (Å²) < 4.78 is 0.717. The number of quaternary nitrogens is 1. The van der Waals surface area contributed by atoms with Crippen LogP contribution in [0.1, 0.15) is 13.3 Å². The standard InChI is InChI=1S/C6H18N3.ClH/c1-5-6(7)8-9(2,3)4;/h6,8H,5,7H2,1-4H3;1H/q+1;/p-1. The van der Waals surface area contributed by atoms with Crippen molar-refractivity contribution in [3.05, 3.63) is 0 Å². The molecule has 1 atom stereocenters. The fraction of sp³-hybridized carbons (Fsp3) is 1.00. The Bertz CT molecular complexity index is 79.6. The van der Waals surface area contributed by atoms with Gasteiger partial charge in [-0.25, -0.2) is 0 Å². The molecule has 0 spiro atoms. The van der Waals surface area contributed by atoms with Crippen molar-refractivity contribution >= 4 is 0 Å². The van der Waals surface area contributed by atoms with Gasteiger partial charge in [-0.1, -0.05) is 6.92 Å². The first-order valence-corrected chi connectivity index (χ1v) is 3.30. The summed E-state index contributed by atoms with van der Waals surface area (Å²) in [4.78, 5) is 0. The van der Waals surface area contributed by atoms with Crippen molar-refractivity contribution in [1.29, 1.82) is 0 Å². The zero-order valence-electron chi connectivity index (χ0n) is 7.19. The molecule has 0 fully saturated rings. The van der Waals surface area contributed by atoms with Crippen LogP contribution in [0.3, 0.4) is 0 Å². The van der Waals surface area contributed by atoms with Gasteiger partial charge in [-0.3, -0.25) is 4.59 Å². The van der Waals surface area contributed by atoms with Crippen LogP contribution >= 0.6 is 0 Å². The Kier molecular flexibility index (Phi) is 6.29. The van der Waals surface area contributed by atoms with Gasteiger partial charge in [-0.2, -0.15) is 5.43 Å². The second kappa shape index (κ2) is 4.91. The molecular formula is C6H18ClN3. The van der Waals surface area contributed by atoms with Gasteiger partial charge >= 0.3 is 0 Å². The maximum atomic E-state index is 5.63. The lowest BCUT2D eigenvalue weighted by Crippen LogP contribution is -3.00. The third-order valence-corrected chi connectivity index (χ3v) is 0.993. The van der Waals surface area contributed by atoms with E-state index in [0.717, 1.165) is 11.0 Å². The molecule has 0 rings (SSSR count). The molecule has 0 radical (unpaired) electrons. The van der Waals surface area contributed by atoms with Gasteiger partial charge in [0.05, 0.1) is 21.1 Å². The third-order valence-electron chi connectivity index (χ3n) is 0.993. The summed E-state index contributed by atoms with van der Waals surface area (Å²) in [6.07, 6.45) is 1.08. The largest absolute Gasteiger partial charge is 1.00 e. The summed E-state index contributed by atoms with van der Waals surface area (Å²) in [6.45, 7) is 2.06. The van der Waals surface area contributed by atoms with E-state index in [1.807, 2.05) is 0 Å². The average Bonchev–Trinajstić information content (AvgIpc) is 1.62. The number of nitrogens with zero attached hydrogens (tertiary/aromatic N) is 1. The van der Waals surface area contributed by atoms with Crippen molar-refractivity contribution in [2.24, 2.45) is 5.73 Å². The quantitative estimate of drug-likeness (QED) is 0.266. The molecule has 0 aromatic rings. The lowest BCUT2D eigenvalue weighted by molar-refractivity contribution is -0.918. The first kappa shape index (κ1) is 12.8. The predicted molar refractivity (Wildman–Crippen MR) is 39.4 cm³/mol. The van der Waals surface area contributed by atoms with Crippen LogP contribution in [-0.2, 0) is 0 Å². The highest BCUT2D eigenvalue weighted by Gasteiger charge is 2.09. The number of nitrogens with one attached hydrogen (secondary N) is 1.